The molecule has 1 aromatic rings. The summed E-state index contributed by atoms with van der Waals surface area (Å²) < 4.78 is 0. The van der Waals surface area contributed by atoms with Gasteiger partial charge < -0.3 is 0 Å². The van der Waals surface area contributed by atoms with Crippen molar-refractivity contribution in [3.8, 4) is 0 Å². The van der Waals surface area contributed by atoms with Crippen LogP contribution in [0.1, 0.15) is 25.6 Å². The summed E-state index contributed by atoms with van der Waals surface area (Å²) in [5, 5.41) is 8.98. The van der Waals surface area contributed by atoms with E-state index in [2.05, 4.69) is 19.9 Å². The second kappa shape index (κ2) is 5.62. The summed E-state index contributed by atoms with van der Waals surface area (Å²) in [6.45, 7) is 3.99. The molecular weight excluding hydrogens is 214 g/mol. The van der Waals surface area contributed by atoms with Gasteiger partial charge in [-0.05, 0) is 6.26 Å². The van der Waals surface area contributed by atoms with Crippen LogP contribution in [0.25, 0.3) is 0 Å². The number of aliphatic imine (C=N–C) groups is 1. The van der Waals surface area contributed by atoms with Gasteiger partial charge in [0, 0.05) is 5.92 Å². The topological polar surface area (TPSA) is 83.3 Å². The zero-order valence-corrected chi connectivity index (χ0v) is 9.62. The first-order chi connectivity index (χ1) is 7.17. The Balaban J connectivity index is 3.05. The molecule has 0 saturated carbocycles. The number of hydrogen-bond acceptors (Lipinski definition) is 6. The Labute approximate surface area is 92.2 Å². The number of nitrogens with zero attached hydrogens (tertiary/aromatic N) is 4. The third-order valence-corrected chi connectivity index (χ3v) is 2.10. The highest BCUT2D eigenvalue weighted by Crippen LogP contribution is 2.17. The predicted molar refractivity (Wildman–Crippen MR) is 58.8 cm³/mol. The van der Waals surface area contributed by atoms with Crippen molar-refractivity contribution < 1.29 is 5.21 Å². The van der Waals surface area contributed by atoms with Crippen LogP contribution in [0, 0.1) is 0 Å². The van der Waals surface area contributed by atoms with E-state index in [1.54, 1.807) is 5.48 Å². The Morgan fingerprint density at radius 2 is 2.13 bits per heavy atom. The molecule has 0 aromatic carbocycles. The first-order valence-electron chi connectivity index (χ1n) is 4.39. The smallest absolute Gasteiger partial charge is 0.255 e. The molecule has 0 atom stereocenters. The molecule has 0 fully saturated rings. The minimum absolute atomic E-state index is 0.218. The molecule has 0 unspecified atom stereocenters. The van der Waals surface area contributed by atoms with Gasteiger partial charge in [-0.2, -0.15) is 15.0 Å². The first kappa shape index (κ1) is 11.9. The molecule has 82 valence electrons. The maximum absolute atomic E-state index is 8.36. The molecule has 0 aliphatic carbocycles. The third kappa shape index (κ3) is 3.45. The van der Waals surface area contributed by atoms with E-state index in [0.717, 1.165) is 6.34 Å². The second-order valence-corrected chi connectivity index (χ2v) is 3.80. The summed E-state index contributed by atoms with van der Waals surface area (Å²) in [5.74, 6) is 1.20. The number of hydrogen-bond donors (Lipinski definition) is 2. The summed E-state index contributed by atoms with van der Waals surface area (Å²) >= 11 is 1.43. The fourth-order valence-electron chi connectivity index (χ4n) is 0.855. The van der Waals surface area contributed by atoms with Crippen molar-refractivity contribution in [2.45, 2.75) is 24.9 Å². The fourth-order valence-corrected chi connectivity index (χ4v) is 1.21. The van der Waals surface area contributed by atoms with E-state index >= 15 is 0 Å². The number of aromatic nitrogens is 3. The fraction of sp³-hybridized carbons (Fsp3) is 0.500. The second-order valence-electron chi connectivity index (χ2n) is 3.02. The van der Waals surface area contributed by atoms with Crippen LogP contribution in [-0.2, 0) is 0 Å². The Morgan fingerprint density at radius 3 is 2.67 bits per heavy atom. The van der Waals surface area contributed by atoms with Gasteiger partial charge in [0.1, 0.15) is 12.2 Å². The lowest BCUT2D eigenvalue weighted by Gasteiger charge is -2.04. The van der Waals surface area contributed by atoms with Crippen LogP contribution in [0.2, 0.25) is 0 Å². The van der Waals surface area contributed by atoms with Gasteiger partial charge in [-0.15, -0.1) is 0 Å². The van der Waals surface area contributed by atoms with Crippen LogP contribution in [-0.4, -0.2) is 32.8 Å². The van der Waals surface area contributed by atoms with Gasteiger partial charge in [0.25, 0.3) is 5.95 Å². The van der Waals surface area contributed by atoms with Crippen molar-refractivity contribution >= 4 is 24.0 Å². The molecule has 0 saturated heterocycles. The zero-order chi connectivity index (χ0) is 11.3. The average molecular weight is 227 g/mol. The standard InChI is InChI=1S/C8H13N5OS/c1-5(2)6-11-7(9-4-10-14)13-8(12-6)15-3/h4-5,14H,1-3H3,(H,9,10,11,12,13). The van der Waals surface area contributed by atoms with Crippen LogP contribution in [0.5, 0.6) is 0 Å². The van der Waals surface area contributed by atoms with Gasteiger partial charge >= 0.3 is 0 Å². The maximum Gasteiger partial charge on any atom is 0.255 e. The van der Waals surface area contributed by atoms with E-state index in [4.69, 9.17) is 5.21 Å². The summed E-state index contributed by atoms with van der Waals surface area (Å²) in [5.41, 5.74) is 1.80. The molecule has 0 radical (unpaired) electrons. The van der Waals surface area contributed by atoms with Gasteiger partial charge in [0.05, 0.1) is 0 Å². The van der Waals surface area contributed by atoms with E-state index in [-0.39, 0.29) is 5.92 Å². The van der Waals surface area contributed by atoms with Crippen LogP contribution in [0.4, 0.5) is 5.95 Å². The Kier molecular flexibility index (Phi) is 4.44. The Hall–Kier alpha value is -1.21. The van der Waals surface area contributed by atoms with Gasteiger partial charge in [0.15, 0.2) is 5.16 Å². The molecule has 1 rings (SSSR count). The Bertz CT molecular complexity index is 355. The van der Waals surface area contributed by atoms with Crippen molar-refractivity contribution in [3.63, 3.8) is 0 Å². The van der Waals surface area contributed by atoms with Crippen molar-refractivity contribution in [2.24, 2.45) is 4.99 Å². The average Bonchev–Trinajstić information content (AvgIpc) is 2.25. The summed E-state index contributed by atoms with van der Waals surface area (Å²) in [6.07, 6.45) is 3.00. The van der Waals surface area contributed by atoms with E-state index in [9.17, 15) is 0 Å². The highest BCUT2D eigenvalue weighted by Gasteiger charge is 2.07. The number of nitrogens with one attached hydrogen (secondary N) is 1. The molecule has 6 nitrogen and oxygen atoms in total. The van der Waals surface area contributed by atoms with Crippen molar-refractivity contribution in [1.29, 1.82) is 0 Å². The molecule has 7 heteroatoms. The minimum atomic E-state index is 0.218. The normalized spacial score (nSPS) is 11.3. The molecule has 0 spiro atoms. The molecule has 0 aliphatic rings. The molecule has 1 heterocycles. The molecular formula is C8H13N5OS. The molecule has 1 aromatic heterocycles. The third-order valence-electron chi connectivity index (χ3n) is 1.56. The van der Waals surface area contributed by atoms with Crippen LogP contribution < -0.4 is 5.48 Å². The summed E-state index contributed by atoms with van der Waals surface area (Å²) in [7, 11) is 0. The Morgan fingerprint density at radius 1 is 1.40 bits per heavy atom. The van der Waals surface area contributed by atoms with E-state index in [1.807, 2.05) is 20.1 Å². The van der Waals surface area contributed by atoms with E-state index in [0.29, 0.717) is 16.9 Å². The SMILES string of the molecule is CSc1nc(/N=C/NO)nc(C(C)C)n1. The van der Waals surface area contributed by atoms with Crippen molar-refractivity contribution in [2.75, 3.05) is 6.26 Å². The van der Waals surface area contributed by atoms with E-state index in [1.165, 1.54) is 11.8 Å². The van der Waals surface area contributed by atoms with E-state index < -0.39 is 0 Å². The van der Waals surface area contributed by atoms with Crippen molar-refractivity contribution in [3.05, 3.63) is 5.82 Å². The minimum Gasteiger partial charge on any atom is -0.290 e. The molecule has 2 N–H and O–H groups in total. The monoisotopic (exact) mass is 227 g/mol. The lowest BCUT2D eigenvalue weighted by Crippen LogP contribution is -2.04. The van der Waals surface area contributed by atoms with Crippen LogP contribution >= 0.6 is 11.8 Å². The molecule has 15 heavy (non-hydrogen) atoms. The van der Waals surface area contributed by atoms with Gasteiger partial charge in [-0.1, -0.05) is 25.6 Å². The lowest BCUT2D eigenvalue weighted by atomic mass is 10.2. The maximum atomic E-state index is 8.36. The first-order valence-corrected chi connectivity index (χ1v) is 5.62. The summed E-state index contributed by atoms with van der Waals surface area (Å²) in [6, 6.07) is 0. The van der Waals surface area contributed by atoms with Gasteiger partial charge in [0.2, 0.25) is 0 Å². The number of hydroxylamine groups is 1. The molecule has 0 bridgehead atoms. The van der Waals surface area contributed by atoms with Crippen LogP contribution in [0.3, 0.4) is 0 Å². The largest absolute Gasteiger partial charge is 0.290 e. The highest BCUT2D eigenvalue weighted by molar-refractivity contribution is 7.98. The molecule has 0 aliphatic heterocycles. The zero-order valence-electron chi connectivity index (χ0n) is 8.80. The molecule has 0 amide bonds. The van der Waals surface area contributed by atoms with Crippen LogP contribution in [0.15, 0.2) is 10.1 Å². The van der Waals surface area contributed by atoms with Crippen molar-refractivity contribution in [1.82, 2.24) is 20.4 Å². The summed E-state index contributed by atoms with van der Waals surface area (Å²) in [4.78, 5) is 16.3. The quantitative estimate of drug-likeness (QED) is 0.350. The van der Waals surface area contributed by atoms with Gasteiger partial charge in [-0.25, -0.2) is 4.98 Å². The highest BCUT2D eigenvalue weighted by atomic mass is 32.2. The lowest BCUT2D eigenvalue weighted by molar-refractivity contribution is 0.240. The number of rotatable bonds is 4. The predicted octanol–water partition coefficient (Wildman–Crippen LogP) is 1.36. The number of thioether (sulfide) groups is 1. The van der Waals surface area contributed by atoms with Gasteiger partial charge in [-0.3, -0.25) is 10.7 Å².